The molecule has 0 atom stereocenters. The molecule has 31 heavy (non-hydrogen) atoms. The Morgan fingerprint density at radius 1 is 0.839 bits per heavy atom. The monoisotopic (exact) mass is 420 g/mol. The number of benzene rings is 3. The van der Waals surface area contributed by atoms with E-state index in [1.165, 1.54) is 11.1 Å². The third kappa shape index (κ3) is 5.92. The van der Waals surface area contributed by atoms with Gasteiger partial charge < -0.3 is 24.8 Å². The largest absolute Gasteiger partial charge is 0.495 e. The summed E-state index contributed by atoms with van der Waals surface area (Å²) in [5, 5.41) is 6.20. The molecular formula is C25H28N2O4. The molecule has 0 saturated carbocycles. The van der Waals surface area contributed by atoms with E-state index in [0.29, 0.717) is 29.5 Å². The molecule has 2 N–H and O–H groups in total. The predicted molar refractivity (Wildman–Crippen MR) is 123 cm³/mol. The Labute approximate surface area is 183 Å². The summed E-state index contributed by atoms with van der Waals surface area (Å²) in [7, 11) is 3.14. The van der Waals surface area contributed by atoms with Gasteiger partial charge in [-0.05, 0) is 66.9 Å². The van der Waals surface area contributed by atoms with E-state index in [1.54, 1.807) is 26.4 Å². The van der Waals surface area contributed by atoms with Gasteiger partial charge in [0.2, 0.25) is 0 Å². The smallest absolute Gasteiger partial charge is 0.262 e. The number of aryl methyl sites for hydroxylation is 2. The number of amides is 1. The van der Waals surface area contributed by atoms with E-state index in [0.717, 1.165) is 11.3 Å². The number of anilines is 2. The van der Waals surface area contributed by atoms with Crippen molar-refractivity contribution in [3.8, 4) is 17.2 Å². The summed E-state index contributed by atoms with van der Waals surface area (Å²) in [6.45, 7) is 4.70. The minimum absolute atomic E-state index is 0.144. The number of rotatable bonds is 9. The van der Waals surface area contributed by atoms with Crippen molar-refractivity contribution in [2.45, 2.75) is 20.4 Å². The van der Waals surface area contributed by atoms with Crippen LogP contribution in [-0.2, 0) is 11.3 Å². The van der Waals surface area contributed by atoms with Crippen LogP contribution < -0.4 is 24.8 Å². The third-order valence-electron chi connectivity index (χ3n) is 4.97. The fraction of sp³-hybridized carbons (Fsp3) is 0.240. The van der Waals surface area contributed by atoms with Crippen molar-refractivity contribution in [2.24, 2.45) is 0 Å². The molecule has 162 valence electrons. The van der Waals surface area contributed by atoms with Gasteiger partial charge in [0.25, 0.3) is 5.91 Å². The normalized spacial score (nSPS) is 10.3. The van der Waals surface area contributed by atoms with Crippen LogP contribution in [0.2, 0.25) is 0 Å². The molecule has 0 radical (unpaired) electrons. The Bertz CT molecular complexity index is 1050. The SMILES string of the molecule is COc1ccccc1NC(=O)COc1ccc(CNc2ccc(C)c(C)c2)cc1OC. The van der Waals surface area contributed by atoms with Crippen LogP contribution >= 0.6 is 0 Å². The highest BCUT2D eigenvalue weighted by molar-refractivity contribution is 5.93. The van der Waals surface area contributed by atoms with E-state index in [1.807, 2.05) is 30.3 Å². The van der Waals surface area contributed by atoms with Gasteiger partial charge in [-0.25, -0.2) is 0 Å². The van der Waals surface area contributed by atoms with E-state index in [9.17, 15) is 4.79 Å². The first-order chi connectivity index (χ1) is 15.0. The van der Waals surface area contributed by atoms with Crippen LogP contribution in [0.15, 0.2) is 60.7 Å². The molecule has 0 saturated heterocycles. The molecule has 0 aliphatic rings. The van der Waals surface area contributed by atoms with Gasteiger partial charge in [-0.1, -0.05) is 24.3 Å². The van der Waals surface area contributed by atoms with Crippen LogP contribution in [-0.4, -0.2) is 26.7 Å². The van der Waals surface area contributed by atoms with Crippen LogP contribution in [0.5, 0.6) is 17.2 Å². The number of carbonyl (C=O) groups is 1. The summed E-state index contributed by atoms with van der Waals surface area (Å²) in [6.07, 6.45) is 0. The van der Waals surface area contributed by atoms with Gasteiger partial charge in [0.1, 0.15) is 5.75 Å². The minimum Gasteiger partial charge on any atom is -0.495 e. The average molecular weight is 421 g/mol. The van der Waals surface area contributed by atoms with Gasteiger partial charge in [-0.15, -0.1) is 0 Å². The van der Waals surface area contributed by atoms with Crippen molar-refractivity contribution in [1.29, 1.82) is 0 Å². The molecule has 0 bridgehead atoms. The second-order valence-electron chi connectivity index (χ2n) is 7.17. The molecule has 1 amide bonds. The lowest BCUT2D eigenvalue weighted by Crippen LogP contribution is -2.20. The molecule has 0 spiro atoms. The highest BCUT2D eigenvalue weighted by Crippen LogP contribution is 2.29. The quantitative estimate of drug-likeness (QED) is 0.513. The number of nitrogens with one attached hydrogen (secondary N) is 2. The summed E-state index contributed by atoms with van der Waals surface area (Å²) >= 11 is 0. The van der Waals surface area contributed by atoms with Gasteiger partial charge in [-0.2, -0.15) is 0 Å². The van der Waals surface area contributed by atoms with Gasteiger partial charge in [0.05, 0.1) is 19.9 Å². The van der Waals surface area contributed by atoms with Crippen LogP contribution in [0.25, 0.3) is 0 Å². The van der Waals surface area contributed by atoms with Crippen molar-refractivity contribution < 1.29 is 19.0 Å². The summed E-state index contributed by atoms with van der Waals surface area (Å²) in [5.74, 6) is 1.39. The molecule has 6 nitrogen and oxygen atoms in total. The molecule has 0 unspecified atom stereocenters. The van der Waals surface area contributed by atoms with Crippen molar-refractivity contribution in [3.05, 3.63) is 77.4 Å². The van der Waals surface area contributed by atoms with E-state index < -0.39 is 0 Å². The van der Waals surface area contributed by atoms with E-state index in [4.69, 9.17) is 14.2 Å². The molecule has 0 aliphatic heterocycles. The molecule has 6 heteroatoms. The summed E-state index contributed by atoms with van der Waals surface area (Å²) in [4.78, 5) is 12.3. The molecular weight excluding hydrogens is 392 g/mol. The van der Waals surface area contributed by atoms with Crippen LogP contribution in [0, 0.1) is 13.8 Å². The maximum absolute atomic E-state index is 12.3. The number of methoxy groups -OCH3 is 2. The van der Waals surface area contributed by atoms with Crippen LogP contribution in [0.3, 0.4) is 0 Å². The standard InChI is InChI=1S/C25H28N2O4/c1-17-9-11-20(13-18(17)2)26-15-19-10-12-23(24(14-19)30-4)31-16-25(28)27-21-7-5-6-8-22(21)29-3/h5-14,26H,15-16H2,1-4H3,(H,27,28). The molecule has 3 aromatic carbocycles. The zero-order valence-corrected chi connectivity index (χ0v) is 18.3. The first kappa shape index (κ1) is 22.0. The Balaban J connectivity index is 1.59. The zero-order chi connectivity index (χ0) is 22.2. The van der Waals surface area contributed by atoms with Gasteiger partial charge in [0, 0.05) is 12.2 Å². The van der Waals surface area contributed by atoms with Crippen LogP contribution in [0.4, 0.5) is 11.4 Å². The topological polar surface area (TPSA) is 68.8 Å². The fourth-order valence-electron chi connectivity index (χ4n) is 3.07. The molecule has 3 rings (SSSR count). The van der Waals surface area contributed by atoms with E-state index >= 15 is 0 Å². The lowest BCUT2D eigenvalue weighted by Gasteiger charge is -2.14. The fourth-order valence-corrected chi connectivity index (χ4v) is 3.07. The maximum atomic E-state index is 12.3. The molecule has 0 aromatic heterocycles. The van der Waals surface area contributed by atoms with Gasteiger partial charge in [0.15, 0.2) is 18.1 Å². The third-order valence-corrected chi connectivity index (χ3v) is 4.97. The van der Waals surface area contributed by atoms with Gasteiger partial charge >= 0.3 is 0 Å². The van der Waals surface area contributed by atoms with Crippen molar-refractivity contribution >= 4 is 17.3 Å². The highest BCUT2D eigenvalue weighted by Gasteiger charge is 2.11. The van der Waals surface area contributed by atoms with E-state index in [-0.39, 0.29) is 12.5 Å². The first-order valence-electron chi connectivity index (χ1n) is 10.0. The number of carbonyl (C=O) groups excluding carboxylic acids is 1. The van der Waals surface area contributed by atoms with Crippen molar-refractivity contribution in [3.63, 3.8) is 0 Å². The number of ether oxygens (including phenoxy) is 3. The maximum Gasteiger partial charge on any atom is 0.262 e. The first-order valence-corrected chi connectivity index (χ1v) is 10.0. The lowest BCUT2D eigenvalue weighted by atomic mass is 10.1. The second-order valence-corrected chi connectivity index (χ2v) is 7.17. The Morgan fingerprint density at radius 3 is 2.35 bits per heavy atom. The zero-order valence-electron chi connectivity index (χ0n) is 18.3. The van der Waals surface area contributed by atoms with Crippen molar-refractivity contribution in [2.75, 3.05) is 31.5 Å². The van der Waals surface area contributed by atoms with E-state index in [2.05, 4.69) is 42.7 Å². The summed E-state index contributed by atoms with van der Waals surface area (Å²) < 4.78 is 16.4. The highest BCUT2D eigenvalue weighted by atomic mass is 16.5. The van der Waals surface area contributed by atoms with Crippen molar-refractivity contribution in [1.82, 2.24) is 0 Å². The second kappa shape index (κ2) is 10.4. The molecule has 0 heterocycles. The molecule has 0 aliphatic carbocycles. The van der Waals surface area contributed by atoms with Gasteiger partial charge in [-0.3, -0.25) is 4.79 Å². The number of hydrogen-bond donors (Lipinski definition) is 2. The Morgan fingerprint density at radius 2 is 1.61 bits per heavy atom. The molecule has 0 fully saturated rings. The number of para-hydroxylation sites is 2. The minimum atomic E-state index is -0.285. The number of hydrogen-bond acceptors (Lipinski definition) is 5. The predicted octanol–water partition coefficient (Wildman–Crippen LogP) is 4.95. The van der Waals surface area contributed by atoms with Crippen LogP contribution in [0.1, 0.15) is 16.7 Å². The Hall–Kier alpha value is -3.67. The average Bonchev–Trinajstić information content (AvgIpc) is 2.79. The molecule has 3 aromatic rings. The summed E-state index contributed by atoms with van der Waals surface area (Å²) in [5.41, 5.74) is 5.22. The lowest BCUT2D eigenvalue weighted by molar-refractivity contribution is -0.118. The summed E-state index contributed by atoms with van der Waals surface area (Å²) in [6, 6.07) is 19.2. The Kier molecular flexibility index (Phi) is 7.38.